The van der Waals surface area contributed by atoms with E-state index in [9.17, 15) is 14.1 Å². The Balaban J connectivity index is 2.21. The highest BCUT2D eigenvalue weighted by Crippen LogP contribution is 2.27. The smallest absolute Gasteiger partial charge is 0.326 e. The Labute approximate surface area is 145 Å². The molecule has 0 spiro atoms. The van der Waals surface area contributed by atoms with Gasteiger partial charge in [-0.3, -0.25) is 10.1 Å². The number of hydrogen-bond acceptors (Lipinski definition) is 5. The van der Waals surface area contributed by atoms with E-state index in [0.717, 1.165) is 0 Å². The minimum atomic E-state index is -1.34. The normalized spacial score (nSPS) is 10.2. The Morgan fingerprint density at radius 2 is 1.88 bits per heavy atom. The minimum Gasteiger partial charge on any atom is -0.326 e. The van der Waals surface area contributed by atoms with E-state index < -0.39 is 12.0 Å². The molecule has 10 heteroatoms. The Bertz CT molecular complexity index is 765. The Hall–Kier alpha value is -2.42. The fraction of sp³-hybridized carbons (Fsp3) is 0.0714. The molecule has 2 rings (SSSR count). The quantitative estimate of drug-likeness (QED) is 0.760. The molecule has 7 nitrogen and oxygen atoms in total. The van der Waals surface area contributed by atoms with Crippen molar-refractivity contribution in [2.45, 2.75) is 6.54 Å². The fourth-order valence-corrected chi connectivity index (χ4v) is 2.56. The monoisotopic (exact) mass is 372 g/mol. The molecule has 0 aliphatic rings. The molecule has 1 aromatic heterocycles. The van der Waals surface area contributed by atoms with Crippen molar-refractivity contribution < 1.29 is 19.1 Å². The second-order valence-electron chi connectivity index (χ2n) is 4.51. The van der Waals surface area contributed by atoms with Crippen molar-refractivity contribution in [1.29, 1.82) is 0 Å². The summed E-state index contributed by atoms with van der Waals surface area (Å²) in [5, 5.41) is 4.86. The summed E-state index contributed by atoms with van der Waals surface area (Å²) in [6.07, 6.45) is -0.0427. The number of carbonyl (C=O) groups excluding carboxylic acids is 2. The highest BCUT2D eigenvalue weighted by atomic mass is 35.5. The van der Waals surface area contributed by atoms with Crippen LogP contribution in [0.1, 0.15) is 15.9 Å². The summed E-state index contributed by atoms with van der Waals surface area (Å²) in [5.41, 5.74) is 6.54. The van der Waals surface area contributed by atoms with Crippen LogP contribution in [-0.2, 0) is 11.5 Å². The number of nitrogens with two attached hydrogens (primary N) is 1. The lowest BCUT2D eigenvalue weighted by Gasteiger charge is -2.11. The molecule has 2 amide bonds. The van der Waals surface area contributed by atoms with Gasteiger partial charge in [0.15, 0.2) is 0 Å². The number of nitrogens with zero attached hydrogens (tertiary/aromatic N) is 1. The third-order valence-electron chi connectivity index (χ3n) is 2.88. The van der Waals surface area contributed by atoms with Gasteiger partial charge < -0.3 is 11.1 Å². The van der Waals surface area contributed by atoms with Gasteiger partial charge in [0.05, 0.1) is 15.6 Å². The zero-order chi connectivity index (χ0) is 17.7. The van der Waals surface area contributed by atoms with Gasteiger partial charge in [0, 0.05) is 29.0 Å². The van der Waals surface area contributed by atoms with E-state index in [2.05, 4.69) is 15.2 Å². The first-order chi connectivity index (χ1) is 11.4. The molecule has 24 heavy (non-hydrogen) atoms. The van der Waals surface area contributed by atoms with Crippen LogP contribution in [0.5, 0.6) is 0 Å². The highest BCUT2D eigenvalue weighted by Gasteiger charge is 2.16. The van der Waals surface area contributed by atoms with Crippen molar-refractivity contribution in [2.75, 3.05) is 10.6 Å². The van der Waals surface area contributed by atoms with Crippen molar-refractivity contribution in [3.8, 4) is 0 Å². The zero-order valence-corrected chi connectivity index (χ0v) is 13.5. The number of aromatic nitrogens is 1. The van der Waals surface area contributed by atoms with Crippen molar-refractivity contribution in [3.63, 3.8) is 0 Å². The van der Waals surface area contributed by atoms with E-state index in [4.69, 9.17) is 28.9 Å². The topological polar surface area (TPSA) is 106 Å². The van der Waals surface area contributed by atoms with Crippen LogP contribution in [0.2, 0.25) is 10.0 Å². The lowest BCUT2D eigenvalue weighted by atomic mass is 10.1. The number of nitrogens with one attached hydrogen (secondary N) is 2. The first-order valence-corrected chi connectivity index (χ1v) is 7.25. The van der Waals surface area contributed by atoms with E-state index in [0.29, 0.717) is 5.56 Å². The highest BCUT2D eigenvalue weighted by molar-refractivity contribution is 6.40. The fourth-order valence-electron chi connectivity index (χ4n) is 1.85. The van der Waals surface area contributed by atoms with Gasteiger partial charge >= 0.3 is 6.09 Å². The van der Waals surface area contributed by atoms with Crippen molar-refractivity contribution in [3.05, 3.63) is 51.6 Å². The van der Waals surface area contributed by atoms with Gasteiger partial charge in [0.1, 0.15) is 5.82 Å². The summed E-state index contributed by atoms with van der Waals surface area (Å²) in [6, 6.07) is 5.84. The van der Waals surface area contributed by atoms with Crippen LogP contribution in [-0.4, -0.2) is 17.0 Å². The van der Waals surface area contributed by atoms with Gasteiger partial charge in [-0.1, -0.05) is 23.2 Å². The van der Waals surface area contributed by atoms with Crippen LogP contribution in [0.3, 0.4) is 0 Å². The van der Waals surface area contributed by atoms with Gasteiger partial charge in [-0.15, -0.1) is 0 Å². The SMILES string of the molecule is NCc1cc(Cl)c(C(=O)Nc2ccnc(NC(=O)OF)c2)c(Cl)c1. The molecule has 1 aromatic carbocycles. The summed E-state index contributed by atoms with van der Waals surface area (Å²) < 4.78 is 11.7. The lowest BCUT2D eigenvalue weighted by Crippen LogP contribution is -2.15. The van der Waals surface area contributed by atoms with Crippen molar-refractivity contribution in [2.24, 2.45) is 5.73 Å². The van der Waals surface area contributed by atoms with Crippen LogP contribution >= 0.6 is 23.2 Å². The molecular formula is C14H11Cl2FN4O3. The van der Waals surface area contributed by atoms with Gasteiger partial charge in [-0.25, -0.2) is 14.7 Å². The molecular weight excluding hydrogens is 362 g/mol. The molecule has 0 radical (unpaired) electrons. The van der Waals surface area contributed by atoms with Gasteiger partial charge in [0.2, 0.25) is 0 Å². The van der Waals surface area contributed by atoms with Gasteiger partial charge in [-0.05, 0) is 23.8 Å². The Morgan fingerprint density at radius 3 is 2.46 bits per heavy atom. The number of amides is 2. The van der Waals surface area contributed by atoms with Gasteiger partial charge in [-0.2, -0.15) is 0 Å². The molecule has 2 aromatic rings. The maximum atomic E-state index is 12.3. The van der Waals surface area contributed by atoms with E-state index in [1.807, 2.05) is 5.32 Å². The van der Waals surface area contributed by atoms with E-state index in [1.165, 1.54) is 18.3 Å². The minimum absolute atomic E-state index is 0.0221. The number of halogens is 3. The molecule has 0 aliphatic carbocycles. The zero-order valence-electron chi connectivity index (χ0n) is 12.0. The first kappa shape index (κ1) is 17.9. The standard InChI is InChI=1S/C14H11Cl2FN4O3/c15-9-3-7(6-18)4-10(16)12(9)13(22)20-8-1-2-19-11(5-8)21-14(23)24-17/h1-5H,6,18H2,(H2,19,20,21,22,23). The van der Waals surface area contributed by atoms with E-state index in [-0.39, 0.29) is 33.7 Å². The molecule has 0 unspecified atom stereocenters. The summed E-state index contributed by atoms with van der Waals surface area (Å²) in [4.78, 5) is 29.9. The summed E-state index contributed by atoms with van der Waals surface area (Å²) in [7, 11) is 0. The maximum Gasteiger partial charge on any atom is 0.450 e. The van der Waals surface area contributed by atoms with Crippen LogP contribution in [0.4, 0.5) is 20.8 Å². The van der Waals surface area contributed by atoms with E-state index in [1.54, 1.807) is 12.1 Å². The summed E-state index contributed by atoms with van der Waals surface area (Å²) >= 11 is 12.1. The van der Waals surface area contributed by atoms with Crippen LogP contribution in [0, 0.1) is 0 Å². The lowest BCUT2D eigenvalue weighted by molar-refractivity contribution is -0.0544. The van der Waals surface area contributed by atoms with Crippen LogP contribution in [0.15, 0.2) is 30.5 Å². The molecule has 0 saturated carbocycles. The second-order valence-corrected chi connectivity index (χ2v) is 5.33. The average molecular weight is 373 g/mol. The average Bonchev–Trinajstić information content (AvgIpc) is 2.54. The van der Waals surface area contributed by atoms with Gasteiger partial charge in [0.25, 0.3) is 5.91 Å². The molecule has 0 fully saturated rings. The predicted molar refractivity (Wildman–Crippen MR) is 87.8 cm³/mol. The van der Waals surface area contributed by atoms with Crippen LogP contribution < -0.4 is 16.4 Å². The molecule has 126 valence electrons. The molecule has 1 heterocycles. The maximum absolute atomic E-state index is 12.3. The molecule has 4 N–H and O–H groups in total. The molecule has 0 aliphatic heterocycles. The molecule has 0 atom stereocenters. The first-order valence-electron chi connectivity index (χ1n) is 6.49. The van der Waals surface area contributed by atoms with Crippen molar-refractivity contribution in [1.82, 2.24) is 4.98 Å². The third kappa shape index (κ3) is 4.31. The second kappa shape index (κ2) is 7.91. The number of anilines is 2. The number of hydrogen-bond donors (Lipinski definition) is 3. The van der Waals surface area contributed by atoms with Crippen molar-refractivity contribution >= 4 is 46.7 Å². The van der Waals surface area contributed by atoms with E-state index >= 15 is 0 Å². The Kier molecular flexibility index (Phi) is 5.91. The summed E-state index contributed by atoms with van der Waals surface area (Å²) in [5.74, 6) is -0.593. The number of carbonyl (C=O) groups is 2. The summed E-state index contributed by atoms with van der Waals surface area (Å²) in [6.45, 7) is 0.228. The van der Waals surface area contributed by atoms with Crippen LogP contribution in [0.25, 0.3) is 0 Å². The third-order valence-corrected chi connectivity index (χ3v) is 3.48. The number of rotatable bonds is 4. The Morgan fingerprint density at radius 1 is 1.21 bits per heavy atom. The number of benzene rings is 1. The molecule has 0 saturated heterocycles. The predicted octanol–water partition coefficient (Wildman–Crippen LogP) is 3.53. The largest absolute Gasteiger partial charge is 0.450 e. The number of pyridine rings is 1. The molecule has 0 bridgehead atoms.